The van der Waals surface area contributed by atoms with Crippen LogP contribution in [-0.2, 0) is 6.42 Å². The fourth-order valence-corrected chi connectivity index (χ4v) is 2.29. The third kappa shape index (κ3) is 2.24. The summed E-state index contributed by atoms with van der Waals surface area (Å²) in [6.07, 6.45) is 0.741. The number of halogens is 1. The Morgan fingerprint density at radius 3 is 2.58 bits per heavy atom. The Balaban J connectivity index is 2.92. The van der Waals surface area contributed by atoms with Crippen LogP contribution in [0, 0.1) is 13.8 Å². The predicted octanol–water partition coefficient (Wildman–Crippen LogP) is 2.36. The maximum absolute atomic E-state index is 12.3. The van der Waals surface area contributed by atoms with Crippen LogP contribution in [0.25, 0.3) is 5.69 Å². The Kier molecular flexibility index (Phi) is 3.62. The van der Waals surface area contributed by atoms with Crippen molar-refractivity contribution in [2.24, 2.45) is 0 Å². The molecule has 1 heterocycles. The summed E-state index contributed by atoms with van der Waals surface area (Å²) in [5.41, 5.74) is 1.94. The van der Waals surface area contributed by atoms with Gasteiger partial charge in [-0.15, -0.1) is 0 Å². The molecule has 19 heavy (non-hydrogen) atoms. The monoisotopic (exact) mass is 278 g/mol. The van der Waals surface area contributed by atoms with Gasteiger partial charge in [0.15, 0.2) is 0 Å². The Morgan fingerprint density at radius 2 is 1.95 bits per heavy atom. The number of hydrogen-bond acceptors (Lipinski definition) is 2. The van der Waals surface area contributed by atoms with Gasteiger partial charge in [-0.2, -0.15) is 0 Å². The van der Waals surface area contributed by atoms with Crippen LogP contribution in [0.4, 0.5) is 0 Å². The van der Waals surface area contributed by atoms with E-state index in [2.05, 4.69) is 4.98 Å². The molecule has 100 valence electrons. The van der Waals surface area contributed by atoms with E-state index in [0.717, 1.165) is 22.1 Å². The van der Waals surface area contributed by atoms with E-state index in [0.29, 0.717) is 11.3 Å². The van der Waals surface area contributed by atoms with E-state index in [1.807, 2.05) is 32.0 Å². The third-order valence-electron chi connectivity index (χ3n) is 3.20. The van der Waals surface area contributed by atoms with E-state index in [9.17, 15) is 9.59 Å². The first kappa shape index (κ1) is 13.6. The summed E-state index contributed by atoms with van der Waals surface area (Å²) in [5.74, 6) is 0. The van der Waals surface area contributed by atoms with Crippen molar-refractivity contribution in [2.75, 3.05) is 0 Å². The van der Waals surface area contributed by atoms with E-state index < -0.39 is 5.69 Å². The number of aryl methyl sites for hydroxylation is 2. The van der Waals surface area contributed by atoms with Gasteiger partial charge >= 0.3 is 5.69 Å². The summed E-state index contributed by atoms with van der Waals surface area (Å²) in [5, 5.41) is 0.0953. The van der Waals surface area contributed by atoms with Crippen molar-refractivity contribution in [1.82, 2.24) is 9.55 Å². The SMILES string of the molecule is CCc1cccc(C)c1-n1c(=O)[nH]c(Cl)c(C)c1=O. The Hall–Kier alpha value is -1.81. The van der Waals surface area contributed by atoms with Gasteiger partial charge in [0.05, 0.1) is 11.3 Å². The molecule has 0 aliphatic rings. The average Bonchev–Trinajstić information content (AvgIpc) is 2.38. The minimum Gasteiger partial charge on any atom is -0.297 e. The molecule has 0 saturated carbocycles. The zero-order chi connectivity index (χ0) is 14.2. The van der Waals surface area contributed by atoms with Crippen molar-refractivity contribution < 1.29 is 0 Å². The smallest absolute Gasteiger partial charge is 0.297 e. The van der Waals surface area contributed by atoms with Crippen molar-refractivity contribution in [2.45, 2.75) is 27.2 Å². The molecule has 0 spiro atoms. The molecule has 0 aliphatic carbocycles. The molecule has 1 N–H and O–H groups in total. The molecule has 5 heteroatoms. The zero-order valence-electron chi connectivity index (χ0n) is 11.1. The van der Waals surface area contributed by atoms with Gasteiger partial charge in [-0.05, 0) is 31.4 Å². The number of benzene rings is 1. The van der Waals surface area contributed by atoms with Crippen LogP contribution in [-0.4, -0.2) is 9.55 Å². The summed E-state index contributed by atoms with van der Waals surface area (Å²) in [4.78, 5) is 26.8. The minimum absolute atomic E-state index is 0.0953. The minimum atomic E-state index is -0.510. The highest BCUT2D eigenvalue weighted by molar-refractivity contribution is 6.30. The lowest BCUT2D eigenvalue weighted by atomic mass is 10.1. The highest BCUT2D eigenvalue weighted by Crippen LogP contribution is 2.17. The molecule has 0 amide bonds. The summed E-state index contributed by atoms with van der Waals surface area (Å²) in [6, 6.07) is 5.71. The molecule has 2 aromatic rings. The first-order valence-electron chi connectivity index (χ1n) is 6.07. The molecule has 0 aliphatic heterocycles. The largest absolute Gasteiger partial charge is 0.334 e. The van der Waals surface area contributed by atoms with E-state index >= 15 is 0 Å². The zero-order valence-corrected chi connectivity index (χ0v) is 11.8. The Bertz CT molecular complexity index is 744. The second-order valence-electron chi connectivity index (χ2n) is 4.45. The molecule has 0 fully saturated rings. The average molecular weight is 279 g/mol. The van der Waals surface area contributed by atoms with Crippen molar-refractivity contribution in [3.63, 3.8) is 0 Å². The van der Waals surface area contributed by atoms with Crippen molar-refractivity contribution >= 4 is 11.6 Å². The van der Waals surface area contributed by atoms with E-state index in [-0.39, 0.29) is 10.7 Å². The van der Waals surface area contributed by atoms with Gasteiger partial charge in [-0.1, -0.05) is 36.7 Å². The lowest BCUT2D eigenvalue weighted by Crippen LogP contribution is -2.36. The van der Waals surface area contributed by atoms with Gasteiger partial charge in [0.25, 0.3) is 5.56 Å². The van der Waals surface area contributed by atoms with Gasteiger partial charge < -0.3 is 0 Å². The molecule has 0 radical (unpaired) electrons. The molecular weight excluding hydrogens is 264 g/mol. The van der Waals surface area contributed by atoms with Crippen LogP contribution in [0.15, 0.2) is 27.8 Å². The fourth-order valence-electron chi connectivity index (χ4n) is 2.13. The second-order valence-corrected chi connectivity index (χ2v) is 4.82. The standard InChI is InChI=1S/C14H15ClN2O2/c1-4-10-7-5-6-8(2)11(10)17-13(18)9(3)12(15)16-14(17)19/h5-7H,4H2,1-3H3,(H,16,19). The van der Waals surface area contributed by atoms with Gasteiger partial charge in [0, 0.05) is 0 Å². The van der Waals surface area contributed by atoms with Crippen LogP contribution in [0.3, 0.4) is 0 Å². The van der Waals surface area contributed by atoms with Gasteiger partial charge in [-0.25, -0.2) is 9.36 Å². The molecule has 0 saturated heterocycles. The Morgan fingerprint density at radius 1 is 1.26 bits per heavy atom. The lowest BCUT2D eigenvalue weighted by Gasteiger charge is -2.13. The summed E-state index contributed by atoms with van der Waals surface area (Å²) in [7, 11) is 0. The second kappa shape index (κ2) is 5.05. The van der Waals surface area contributed by atoms with Crippen molar-refractivity contribution in [3.05, 3.63) is 60.9 Å². The lowest BCUT2D eigenvalue weighted by molar-refractivity contribution is 0.840. The third-order valence-corrected chi connectivity index (χ3v) is 3.58. The number of hydrogen-bond donors (Lipinski definition) is 1. The van der Waals surface area contributed by atoms with Crippen molar-refractivity contribution in [1.29, 1.82) is 0 Å². The summed E-state index contributed by atoms with van der Waals surface area (Å²) in [6.45, 7) is 5.46. The van der Waals surface area contributed by atoms with Crippen LogP contribution in [0.2, 0.25) is 5.15 Å². The molecule has 0 unspecified atom stereocenters. The topological polar surface area (TPSA) is 54.9 Å². The van der Waals surface area contributed by atoms with E-state index in [1.54, 1.807) is 6.92 Å². The van der Waals surface area contributed by atoms with Crippen LogP contribution >= 0.6 is 11.6 Å². The molecule has 0 bridgehead atoms. The van der Waals surface area contributed by atoms with Crippen LogP contribution < -0.4 is 11.2 Å². The molecule has 0 atom stereocenters. The van der Waals surface area contributed by atoms with E-state index in [4.69, 9.17) is 11.6 Å². The fraction of sp³-hybridized carbons (Fsp3) is 0.286. The number of aromatic nitrogens is 2. The first-order chi connectivity index (χ1) is 8.97. The van der Waals surface area contributed by atoms with Gasteiger partial charge in [0.1, 0.15) is 5.15 Å². The first-order valence-corrected chi connectivity index (χ1v) is 6.45. The summed E-state index contributed by atoms with van der Waals surface area (Å²) >= 11 is 5.82. The highest BCUT2D eigenvalue weighted by Gasteiger charge is 2.14. The number of rotatable bonds is 2. The molecule has 2 rings (SSSR count). The van der Waals surface area contributed by atoms with Gasteiger partial charge in [0.2, 0.25) is 0 Å². The maximum Gasteiger partial charge on any atom is 0.334 e. The van der Waals surface area contributed by atoms with Crippen molar-refractivity contribution in [3.8, 4) is 5.69 Å². The highest BCUT2D eigenvalue weighted by atomic mass is 35.5. The summed E-state index contributed by atoms with van der Waals surface area (Å²) < 4.78 is 1.16. The molecular formula is C14H15ClN2O2. The maximum atomic E-state index is 12.3. The van der Waals surface area contributed by atoms with Gasteiger partial charge in [-0.3, -0.25) is 9.78 Å². The number of nitrogens with one attached hydrogen (secondary N) is 1. The Labute approximate surface area is 115 Å². The molecule has 1 aromatic carbocycles. The number of H-pyrrole nitrogens is 1. The number of aromatic amines is 1. The van der Waals surface area contributed by atoms with Crippen LogP contribution in [0.5, 0.6) is 0 Å². The molecule has 4 nitrogen and oxygen atoms in total. The van der Waals surface area contributed by atoms with E-state index in [1.165, 1.54) is 0 Å². The number of para-hydroxylation sites is 1. The quantitative estimate of drug-likeness (QED) is 0.858. The normalized spacial score (nSPS) is 10.7. The van der Waals surface area contributed by atoms with Crippen LogP contribution in [0.1, 0.15) is 23.6 Å². The number of nitrogens with zero attached hydrogens (tertiary/aromatic N) is 1. The molecule has 1 aromatic heterocycles. The predicted molar refractivity (Wildman–Crippen MR) is 76.5 cm³/mol.